The van der Waals surface area contributed by atoms with Gasteiger partial charge in [0.25, 0.3) is 0 Å². The lowest BCUT2D eigenvalue weighted by molar-refractivity contribution is 0.533. The van der Waals surface area contributed by atoms with Crippen molar-refractivity contribution < 1.29 is 0 Å². The molecule has 1 unspecified atom stereocenters. The largest absolute Gasteiger partial charge is 0.131 e. The standard InChI is InChI=1S/C11H14BrClS/c1-7-6-9(14-11(7)12)10(13)8-4-2-3-5-8/h6,8,10H,2-5H2,1H3. The molecule has 0 aliphatic heterocycles. The van der Waals surface area contributed by atoms with E-state index in [-0.39, 0.29) is 5.38 Å². The van der Waals surface area contributed by atoms with E-state index in [4.69, 9.17) is 11.6 Å². The van der Waals surface area contributed by atoms with Gasteiger partial charge >= 0.3 is 0 Å². The van der Waals surface area contributed by atoms with Gasteiger partial charge in [0.05, 0.1) is 9.16 Å². The monoisotopic (exact) mass is 292 g/mol. The van der Waals surface area contributed by atoms with Gasteiger partial charge in [0.1, 0.15) is 0 Å². The lowest BCUT2D eigenvalue weighted by Gasteiger charge is -2.14. The van der Waals surface area contributed by atoms with Crippen molar-refractivity contribution >= 4 is 38.9 Å². The molecule has 14 heavy (non-hydrogen) atoms. The fourth-order valence-electron chi connectivity index (χ4n) is 2.10. The molecule has 2 rings (SSSR count). The number of hydrogen-bond donors (Lipinski definition) is 0. The highest BCUT2D eigenvalue weighted by molar-refractivity contribution is 9.11. The van der Waals surface area contributed by atoms with E-state index in [1.807, 2.05) is 0 Å². The Hall–Kier alpha value is 0.470. The average molecular weight is 294 g/mol. The van der Waals surface area contributed by atoms with Crippen LogP contribution in [0.3, 0.4) is 0 Å². The Labute approximate surface area is 103 Å². The van der Waals surface area contributed by atoms with Gasteiger partial charge in [-0.1, -0.05) is 12.8 Å². The second-order valence-corrected chi connectivity index (χ2v) is 6.92. The third kappa shape index (κ3) is 2.17. The van der Waals surface area contributed by atoms with Gasteiger partial charge in [0, 0.05) is 4.88 Å². The van der Waals surface area contributed by atoms with Crippen molar-refractivity contribution in [3.8, 4) is 0 Å². The van der Waals surface area contributed by atoms with E-state index in [2.05, 4.69) is 28.9 Å². The molecule has 1 fully saturated rings. The van der Waals surface area contributed by atoms with E-state index in [1.165, 1.54) is 39.9 Å². The first-order valence-corrected chi connectivity index (χ1v) is 7.13. The predicted molar refractivity (Wildman–Crippen MR) is 67.3 cm³/mol. The molecule has 1 saturated carbocycles. The van der Waals surface area contributed by atoms with Gasteiger partial charge in [-0.05, 0) is 53.2 Å². The number of aryl methyl sites for hydroxylation is 1. The maximum atomic E-state index is 6.49. The summed E-state index contributed by atoms with van der Waals surface area (Å²) in [7, 11) is 0. The van der Waals surface area contributed by atoms with Gasteiger partial charge in [0.2, 0.25) is 0 Å². The first kappa shape index (κ1) is 11.0. The molecule has 3 heteroatoms. The molecule has 1 heterocycles. The Morgan fingerprint density at radius 1 is 1.50 bits per heavy atom. The zero-order valence-electron chi connectivity index (χ0n) is 8.22. The minimum absolute atomic E-state index is 0.243. The van der Waals surface area contributed by atoms with Crippen molar-refractivity contribution in [3.63, 3.8) is 0 Å². The van der Waals surface area contributed by atoms with Gasteiger partial charge in [-0.3, -0.25) is 0 Å². The van der Waals surface area contributed by atoms with Crippen LogP contribution in [-0.2, 0) is 0 Å². The number of thiophene rings is 1. The summed E-state index contributed by atoms with van der Waals surface area (Å²) in [6.07, 6.45) is 5.34. The SMILES string of the molecule is Cc1cc(C(Cl)C2CCCC2)sc1Br. The predicted octanol–water partition coefficient (Wildman–Crippen LogP) is 5.29. The van der Waals surface area contributed by atoms with Crippen LogP contribution in [0.15, 0.2) is 9.85 Å². The van der Waals surface area contributed by atoms with Crippen LogP contribution in [-0.4, -0.2) is 0 Å². The van der Waals surface area contributed by atoms with Gasteiger partial charge in [0.15, 0.2) is 0 Å². The van der Waals surface area contributed by atoms with Gasteiger partial charge in [-0.25, -0.2) is 0 Å². The summed E-state index contributed by atoms with van der Waals surface area (Å²) in [6, 6.07) is 2.23. The topological polar surface area (TPSA) is 0 Å². The molecular formula is C11H14BrClS. The number of hydrogen-bond acceptors (Lipinski definition) is 1. The van der Waals surface area contributed by atoms with Crippen molar-refractivity contribution in [3.05, 3.63) is 20.3 Å². The van der Waals surface area contributed by atoms with E-state index in [1.54, 1.807) is 11.3 Å². The molecule has 0 nitrogen and oxygen atoms in total. The smallest absolute Gasteiger partial charge is 0.0731 e. The van der Waals surface area contributed by atoms with E-state index in [0.29, 0.717) is 5.92 Å². The Balaban J connectivity index is 2.13. The van der Waals surface area contributed by atoms with Crippen LogP contribution in [0.5, 0.6) is 0 Å². The summed E-state index contributed by atoms with van der Waals surface area (Å²) < 4.78 is 1.23. The molecule has 0 amide bonds. The zero-order valence-corrected chi connectivity index (χ0v) is 11.4. The van der Waals surface area contributed by atoms with Crippen molar-refractivity contribution in [1.82, 2.24) is 0 Å². The summed E-state index contributed by atoms with van der Waals surface area (Å²) in [5, 5.41) is 0.243. The summed E-state index contributed by atoms with van der Waals surface area (Å²) >= 11 is 11.8. The number of alkyl halides is 1. The lowest BCUT2D eigenvalue weighted by atomic mass is 10.0. The molecular weight excluding hydrogens is 280 g/mol. The lowest BCUT2D eigenvalue weighted by Crippen LogP contribution is -2.01. The van der Waals surface area contributed by atoms with Crippen molar-refractivity contribution in [2.75, 3.05) is 0 Å². The average Bonchev–Trinajstić information content (AvgIpc) is 2.76. The van der Waals surface area contributed by atoms with Crippen LogP contribution < -0.4 is 0 Å². The molecule has 78 valence electrons. The molecule has 0 N–H and O–H groups in total. The number of rotatable bonds is 2. The summed E-state index contributed by atoms with van der Waals surface area (Å²) in [5.41, 5.74) is 1.31. The molecule has 0 bridgehead atoms. The normalized spacial score (nSPS) is 20.2. The number of halogens is 2. The summed E-state index contributed by atoms with van der Waals surface area (Å²) in [5.74, 6) is 0.710. The summed E-state index contributed by atoms with van der Waals surface area (Å²) in [4.78, 5) is 1.34. The minimum Gasteiger partial charge on any atom is -0.131 e. The van der Waals surface area contributed by atoms with E-state index < -0.39 is 0 Å². The van der Waals surface area contributed by atoms with Crippen LogP contribution in [0.4, 0.5) is 0 Å². The summed E-state index contributed by atoms with van der Waals surface area (Å²) in [6.45, 7) is 2.13. The first-order chi connectivity index (χ1) is 6.68. The Bertz CT molecular complexity index is 296. The molecule has 1 aromatic heterocycles. The van der Waals surface area contributed by atoms with Gasteiger partial charge in [-0.15, -0.1) is 22.9 Å². The van der Waals surface area contributed by atoms with E-state index >= 15 is 0 Å². The van der Waals surface area contributed by atoms with Crippen molar-refractivity contribution in [2.24, 2.45) is 5.92 Å². The zero-order chi connectivity index (χ0) is 10.1. The van der Waals surface area contributed by atoms with Crippen molar-refractivity contribution in [1.29, 1.82) is 0 Å². The van der Waals surface area contributed by atoms with Gasteiger partial charge < -0.3 is 0 Å². The van der Waals surface area contributed by atoms with Crippen LogP contribution in [0.1, 0.15) is 41.5 Å². The molecule has 0 spiro atoms. The maximum absolute atomic E-state index is 6.49. The fraction of sp³-hybridized carbons (Fsp3) is 0.636. The fourth-order valence-corrected chi connectivity index (χ4v) is 4.19. The van der Waals surface area contributed by atoms with Crippen molar-refractivity contribution in [2.45, 2.75) is 38.0 Å². The first-order valence-electron chi connectivity index (χ1n) is 5.08. The van der Waals surface area contributed by atoms with Crippen LogP contribution in [0.25, 0.3) is 0 Å². The molecule has 1 aliphatic carbocycles. The minimum atomic E-state index is 0.243. The highest BCUT2D eigenvalue weighted by atomic mass is 79.9. The molecule has 0 radical (unpaired) electrons. The van der Waals surface area contributed by atoms with Crippen LogP contribution >= 0.6 is 38.9 Å². The highest BCUT2D eigenvalue weighted by Crippen LogP contribution is 2.43. The highest BCUT2D eigenvalue weighted by Gasteiger charge is 2.25. The molecule has 1 aromatic rings. The molecule has 1 aliphatic rings. The second kappa shape index (κ2) is 4.54. The third-order valence-electron chi connectivity index (χ3n) is 2.96. The van der Waals surface area contributed by atoms with E-state index in [9.17, 15) is 0 Å². The molecule has 1 atom stereocenters. The van der Waals surface area contributed by atoms with Crippen LogP contribution in [0.2, 0.25) is 0 Å². The molecule has 0 saturated heterocycles. The van der Waals surface area contributed by atoms with Crippen LogP contribution in [0, 0.1) is 12.8 Å². The second-order valence-electron chi connectivity index (χ2n) is 4.05. The Morgan fingerprint density at radius 3 is 2.64 bits per heavy atom. The van der Waals surface area contributed by atoms with Gasteiger partial charge in [-0.2, -0.15) is 0 Å². The maximum Gasteiger partial charge on any atom is 0.0731 e. The molecule has 0 aromatic carbocycles. The quantitative estimate of drug-likeness (QED) is 0.650. The third-order valence-corrected chi connectivity index (χ3v) is 5.90. The van der Waals surface area contributed by atoms with E-state index in [0.717, 1.165) is 0 Å². The Morgan fingerprint density at radius 2 is 2.14 bits per heavy atom. The Kier molecular flexibility index (Phi) is 3.56.